The minimum absolute atomic E-state index is 0.486. The average Bonchev–Trinajstić information content (AvgIpc) is 3.00. The van der Waals surface area contributed by atoms with Crippen LogP contribution >= 0.6 is 0 Å². The topological polar surface area (TPSA) is 40.5 Å². The largest absolute Gasteiger partial charge is 0.481 e. The van der Waals surface area contributed by atoms with Gasteiger partial charge in [0, 0.05) is 19.3 Å². The summed E-state index contributed by atoms with van der Waals surface area (Å²) in [4.78, 5) is 13.1. The lowest BCUT2D eigenvalue weighted by Crippen LogP contribution is -2.31. The van der Waals surface area contributed by atoms with E-state index in [-0.39, 0.29) is 0 Å². The third kappa shape index (κ3) is 2.03. The zero-order valence-electron chi connectivity index (χ0n) is 9.73. The van der Waals surface area contributed by atoms with E-state index < -0.39 is 11.4 Å². The molecule has 0 amide bonds. The first-order valence-corrected chi connectivity index (χ1v) is 5.55. The molecule has 0 aliphatic heterocycles. The van der Waals surface area contributed by atoms with Gasteiger partial charge in [-0.25, -0.2) is 0 Å². The Morgan fingerprint density at radius 3 is 2.38 bits per heavy atom. The van der Waals surface area contributed by atoms with Crippen molar-refractivity contribution >= 4 is 11.7 Å². The summed E-state index contributed by atoms with van der Waals surface area (Å²) in [6.07, 6.45) is 1.61. The van der Waals surface area contributed by atoms with Crippen molar-refractivity contribution in [1.29, 1.82) is 0 Å². The molecule has 3 nitrogen and oxygen atoms in total. The maximum Gasteiger partial charge on any atom is 0.311 e. The van der Waals surface area contributed by atoms with E-state index in [0.717, 1.165) is 18.5 Å². The number of aliphatic carboxylic acids is 1. The molecule has 1 aliphatic carbocycles. The Labute approximate surface area is 95.7 Å². The third-order valence-electron chi connectivity index (χ3n) is 3.32. The van der Waals surface area contributed by atoms with Crippen molar-refractivity contribution in [2.75, 3.05) is 18.5 Å². The van der Waals surface area contributed by atoms with Gasteiger partial charge < -0.3 is 10.0 Å². The van der Waals surface area contributed by atoms with Gasteiger partial charge in [-0.05, 0) is 31.9 Å². The molecule has 1 saturated carbocycles. The van der Waals surface area contributed by atoms with E-state index in [1.165, 1.54) is 5.56 Å². The van der Waals surface area contributed by atoms with Gasteiger partial charge in [0.2, 0.25) is 0 Å². The molecule has 1 aliphatic rings. The molecular formula is C13H17NO2. The molecule has 86 valence electrons. The van der Waals surface area contributed by atoms with Crippen LogP contribution in [0.25, 0.3) is 0 Å². The summed E-state index contributed by atoms with van der Waals surface area (Å²) < 4.78 is 0. The van der Waals surface area contributed by atoms with Gasteiger partial charge in [0.1, 0.15) is 0 Å². The molecule has 0 heterocycles. The van der Waals surface area contributed by atoms with E-state index in [1.807, 2.05) is 43.1 Å². The number of rotatable bonds is 4. The summed E-state index contributed by atoms with van der Waals surface area (Å²) in [5.74, 6) is -0.661. The standard InChI is InChI=1S/C13H17NO2/c1-10-3-5-11(6-4-10)14(2)9-13(7-8-13)12(15)16/h3-6H,7-9H2,1-2H3,(H,15,16). The number of carbonyl (C=O) groups is 1. The molecule has 0 atom stereocenters. The zero-order valence-corrected chi connectivity index (χ0v) is 9.73. The van der Waals surface area contributed by atoms with Crippen molar-refractivity contribution in [3.05, 3.63) is 29.8 Å². The molecule has 2 rings (SSSR count). The molecule has 16 heavy (non-hydrogen) atoms. The zero-order chi connectivity index (χ0) is 11.8. The van der Waals surface area contributed by atoms with Crippen LogP contribution in [-0.2, 0) is 4.79 Å². The molecule has 1 aromatic rings. The number of carboxylic acids is 1. The fourth-order valence-electron chi connectivity index (χ4n) is 1.94. The fourth-order valence-corrected chi connectivity index (χ4v) is 1.94. The maximum absolute atomic E-state index is 11.1. The first kappa shape index (κ1) is 11.0. The molecule has 0 radical (unpaired) electrons. The van der Waals surface area contributed by atoms with Gasteiger partial charge >= 0.3 is 5.97 Å². The van der Waals surface area contributed by atoms with Gasteiger partial charge in [0.15, 0.2) is 0 Å². The minimum Gasteiger partial charge on any atom is -0.481 e. The molecule has 0 bridgehead atoms. The molecule has 1 N–H and O–H groups in total. The van der Waals surface area contributed by atoms with Gasteiger partial charge in [0.05, 0.1) is 5.41 Å². The van der Waals surface area contributed by atoms with Crippen molar-refractivity contribution < 1.29 is 9.90 Å². The Hall–Kier alpha value is -1.51. The Bertz CT molecular complexity index is 393. The summed E-state index contributed by atoms with van der Waals surface area (Å²) in [5, 5.41) is 9.12. The van der Waals surface area contributed by atoms with Crippen LogP contribution in [0.3, 0.4) is 0 Å². The van der Waals surface area contributed by atoms with Crippen LogP contribution in [0.4, 0.5) is 5.69 Å². The van der Waals surface area contributed by atoms with E-state index in [9.17, 15) is 4.79 Å². The lowest BCUT2D eigenvalue weighted by molar-refractivity contribution is -0.142. The summed E-state index contributed by atoms with van der Waals surface area (Å²) in [6, 6.07) is 8.17. The third-order valence-corrected chi connectivity index (χ3v) is 3.32. The maximum atomic E-state index is 11.1. The SMILES string of the molecule is Cc1ccc(N(C)CC2(C(=O)O)CC2)cc1. The first-order valence-electron chi connectivity index (χ1n) is 5.55. The van der Waals surface area contributed by atoms with Gasteiger partial charge in [-0.2, -0.15) is 0 Å². The minimum atomic E-state index is -0.661. The normalized spacial score (nSPS) is 16.9. The van der Waals surface area contributed by atoms with Gasteiger partial charge in [-0.1, -0.05) is 17.7 Å². The number of hydrogen-bond donors (Lipinski definition) is 1. The van der Waals surface area contributed by atoms with Crippen LogP contribution in [-0.4, -0.2) is 24.7 Å². The van der Waals surface area contributed by atoms with Crippen molar-refractivity contribution in [3.8, 4) is 0 Å². The van der Waals surface area contributed by atoms with Crippen molar-refractivity contribution in [2.24, 2.45) is 5.41 Å². The molecule has 0 aromatic heterocycles. The summed E-state index contributed by atoms with van der Waals surface area (Å²) >= 11 is 0. The van der Waals surface area contributed by atoms with Crippen molar-refractivity contribution in [3.63, 3.8) is 0 Å². The number of benzene rings is 1. The second kappa shape index (κ2) is 3.81. The number of anilines is 1. The van der Waals surface area contributed by atoms with Crippen LogP contribution in [0.2, 0.25) is 0 Å². The van der Waals surface area contributed by atoms with Crippen molar-refractivity contribution in [2.45, 2.75) is 19.8 Å². The highest BCUT2D eigenvalue weighted by Gasteiger charge is 2.50. The number of aryl methyl sites for hydroxylation is 1. The second-order valence-corrected chi connectivity index (χ2v) is 4.78. The van der Waals surface area contributed by atoms with Crippen LogP contribution in [0.1, 0.15) is 18.4 Å². The predicted octanol–water partition coefficient (Wildman–Crippen LogP) is 2.30. The highest BCUT2D eigenvalue weighted by Crippen LogP contribution is 2.46. The lowest BCUT2D eigenvalue weighted by atomic mass is 10.1. The van der Waals surface area contributed by atoms with E-state index in [0.29, 0.717) is 6.54 Å². The van der Waals surface area contributed by atoms with Gasteiger partial charge in [-0.3, -0.25) is 4.79 Å². The molecule has 3 heteroatoms. The lowest BCUT2D eigenvalue weighted by Gasteiger charge is -2.23. The summed E-state index contributed by atoms with van der Waals surface area (Å²) in [5.41, 5.74) is 1.81. The smallest absolute Gasteiger partial charge is 0.311 e. The van der Waals surface area contributed by atoms with Crippen LogP contribution in [0.15, 0.2) is 24.3 Å². The first-order chi connectivity index (χ1) is 7.53. The van der Waals surface area contributed by atoms with E-state index in [4.69, 9.17) is 5.11 Å². The number of carboxylic acid groups (broad SMARTS) is 1. The molecule has 0 spiro atoms. The van der Waals surface area contributed by atoms with E-state index in [1.54, 1.807) is 0 Å². The van der Waals surface area contributed by atoms with Gasteiger partial charge in [-0.15, -0.1) is 0 Å². The predicted molar refractivity (Wildman–Crippen MR) is 63.8 cm³/mol. The monoisotopic (exact) mass is 219 g/mol. The van der Waals surface area contributed by atoms with Crippen molar-refractivity contribution in [1.82, 2.24) is 0 Å². The second-order valence-electron chi connectivity index (χ2n) is 4.78. The number of nitrogens with zero attached hydrogens (tertiary/aromatic N) is 1. The molecule has 0 unspecified atom stereocenters. The Morgan fingerprint density at radius 1 is 1.38 bits per heavy atom. The molecule has 1 fully saturated rings. The van der Waals surface area contributed by atoms with Crippen LogP contribution < -0.4 is 4.90 Å². The highest BCUT2D eigenvalue weighted by atomic mass is 16.4. The number of hydrogen-bond acceptors (Lipinski definition) is 2. The Kier molecular flexibility index (Phi) is 2.62. The quantitative estimate of drug-likeness (QED) is 0.844. The Balaban J connectivity index is 2.06. The van der Waals surface area contributed by atoms with Gasteiger partial charge in [0.25, 0.3) is 0 Å². The molecular weight excluding hydrogens is 202 g/mol. The molecule has 1 aromatic carbocycles. The summed E-state index contributed by atoms with van der Waals surface area (Å²) in [7, 11) is 1.95. The van der Waals surface area contributed by atoms with E-state index >= 15 is 0 Å². The molecule has 0 saturated heterocycles. The van der Waals surface area contributed by atoms with Crippen LogP contribution in [0, 0.1) is 12.3 Å². The average molecular weight is 219 g/mol. The summed E-state index contributed by atoms with van der Waals surface area (Å²) in [6.45, 7) is 2.65. The highest BCUT2D eigenvalue weighted by molar-refractivity contribution is 5.78. The van der Waals surface area contributed by atoms with E-state index in [2.05, 4.69) is 0 Å². The van der Waals surface area contributed by atoms with Crippen LogP contribution in [0.5, 0.6) is 0 Å². The fraction of sp³-hybridized carbons (Fsp3) is 0.462. The Morgan fingerprint density at radius 2 is 1.94 bits per heavy atom.